The maximum atomic E-state index is 6.40. The minimum atomic E-state index is -0.104. The number of hydrogen-bond acceptors (Lipinski definition) is 4. The van der Waals surface area contributed by atoms with Crippen molar-refractivity contribution in [2.24, 2.45) is 5.73 Å². The topological polar surface area (TPSA) is 86.8 Å². The van der Waals surface area contributed by atoms with Gasteiger partial charge in [0.05, 0.1) is 5.52 Å². The molecule has 2 aromatic carbocycles. The first-order valence-electron chi connectivity index (χ1n) is 9.15. The van der Waals surface area contributed by atoms with E-state index in [1.165, 1.54) is 16.7 Å². The van der Waals surface area contributed by atoms with E-state index in [9.17, 15) is 0 Å². The van der Waals surface area contributed by atoms with Crippen molar-refractivity contribution in [3.63, 3.8) is 0 Å². The van der Waals surface area contributed by atoms with E-state index in [4.69, 9.17) is 10.7 Å². The molecule has 0 saturated carbocycles. The summed E-state index contributed by atoms with van der Waals surface area (Å²) in [7, 11) is 0. The Labute approximate surface area is 156 Å². The minimum Gasteiger partial charge on any atom is -0.344 e. The second-order valence-electron chi connectivity index (χ2n) is 6.94. The van der Waals surface area contributed by atoms with Gasteiger partial charge in [-0.05, 0) is 55.0 Å². The third-order valence-electron chi connectivity index (χ3n) is 5.34. The molecule has 0 spiro atoms. The van der Waals surface area contributed by atoms with Crippen LogP contribution in [0.5, 0.6) is 0 Å². The van der Waals surface area contributed by atoms with Crippen LogP contribution in [-0.2, 0) is 6.42 Å². The molecule has 138 valence electrons. The molecule has 0 amide bonds. The normalized spacial score (nSPS) is 11.4. The number of rotatable bonds is 6. The van der Waals surface area contributed by atoms with E-state index in [-0.39, 0.29) is 11.7 Å². The summed E-state index contributed by atoms with van der Waals surface area (Å²) in [5.74, 6) is 0.882. The molecule has 0 aliphatic heterocycles. The highest BCUT2D eigenvalue weighted by Gasteiger charge is 2.20. The second-order valence-corrected chi connectivity index (χ2v) is 6.94. The van der Waals surface area contributed by atoms with E-state index >= 15 is 0 Å². The Balaban J connectivity index is 0.00000243. The van der Waals surface area contributed by atoms with Crippen LogP contribution in [0.4, 0.5) is 0 Å². The Kier molecular flexibility index (Phi) is 6.46. The fraction of sp³-hybridized carbons (Fsp3) is 0.364. The summed E-state index contributed by atoms with van der Waals surface area (Å²) in [6, 6.07) is 14.9. The number of hydrogen-bond donors (Lipinski definition) is 2. The highest BCUT2D eigenvalue weighted by Crippen LogP contribution is 2.26. The van der Waals surface area contributed by atoms with E-state index in [1.54, 1.807) is 0 Å². The van der Waals surface area contributed by atoms with Gasteiger partial charge in [-0.15, -0.1) is 0 Å². The minimum absolute atomic E-state index is 0. The number of aromatic nitrogens is 2. The Hall–Kier alpha value is -2.30. The third-order valence-corrected chi connectivity index (χ3v) is 5.34. The van der Waals surface area contributed by atoms with E-state index in [0.717, 1.165) is 42.4 Å². The molecule has 0 saturated heterocycles. The van der Waals surface area contributed by atoms with Crippen molar-refractivity contribution < 1.29 is 0 Å². The summed E-state index contributed by atoms with van der Waals surface area (Å²) in [6.07, 6.45) is 5.66. The van der Waals surface area contributed by atoms with Crippen molar-refractivity contribution in [2.45, 2.75) is 52.0 Å². The third kappa shape index (κ3) is 4.26. The largest absolute Gasteiger partial charge is 0.344 e. The molecular weight excluding hydrogens is 320 g/mol. The Morgan fingerprint density at radius 2 is 1.77 bits per heavy atom. The van der Waals surface area contributed by atoms with E-state index in [1.807, 2.05) is 6.20 Å². The summed E-state index contributed by atoms with van der Waals surface area (Å²) in [5.41, 5.74) is 11.0. The van der Waals surface area contributed by atoms with Crippen LogP contribution in [0.15, 0.2) is 48.7 Å². The van der Waals surface area contributed by atoms with Gasteiger partial charge in [0.2, 0.25) is 0 Å². The van der Waals surface area contributed by atoms with Crippen molar-refractivity contribution in [1.82, 2.24) is 16.1 Å². The zero-order chi connectivity index (χ0) is 17.9. The molecule has 3 rings (SSSR count). The molecular formula is C22H30N4. The van der Waals surface area contributed by atoms with Gasteiger partial charge < -0.3 is 11.9 Å². The molecule has 0 bridgehead atoms. The van der Waals surface area contributed by atoms with Crippen LogP contribution in [-0.4, -0.2) is 15.5 Å². The van der Waals surface area contributed by atoms with Crippen molar-refractivity contribution >= 4 is 10.9 Å². The quantitative estimate of drug-likeness (QED) is 0.638. The van der Waals surface area contributed by atoms with Gasteiger partial charge in [0, 0.05) is 23.5 Å². The van der Waals surface area contributed by atoms with Gasteiger partial charge in [0.25, 0.3) is 0 Å². The molecule has 3 aromatic rings. The summed E-state index contributed by atoms with van der Waals surface area (Å²) in [4.78, 5) is 9.31. The van der Waals surface area contributed by atoms with Crippen LogP contribution < -0.4 is 11.9 Å². The molecule has 0 fully saturated rings. The highest BCUT2D eigenvalue weighted by molar-refractivity contribution is 5.84. The lowest BCUT2D eigenvalue weighted by molar-refractivity contribution is 0.364. The number of benzene rings is 2. The predicted molar refractivity (Wildman–Crippen MR) is 111 cm³/mol. The maximum absolute atomic E-state index is 6.40. The standard InChI is InChI=1S/C22H27N3.H3N/c1-4-22(23,5-2)13-12-21-24-15-18-14-17(10-11-20(18)25-21)19-9-7-6-8-16(19)3;/h6-11,14-15H,4-5,12-13,23H2,1-3H3;1H3. The van der Waals surface area contributed by atoms with Gasteiger partial charge in [-0.25, -0.2) is 9.97 Å². The fourth-order valence-corrected chi connectivity index (χ4v) is 3.22. The Morgan fingerprint density at radius 1 is 1.04 bits per heavy atom. The van der Waals surface area contributed by atoms with Crippen molar-refractivity contribution in [3.05, 3.63) is 60.0 Å². The number of nitrogens with two attached hydrogens (primary N) is 1. The van der Waals surface area contributed by atoms with E-state index in [2.05, 4.69) is 68.2 Å². The molecule has 0 aliphatic carbocycles. The summed E-state index contributed by atoms with van der Waals surface area (Å²) >= 11 is 0. The smallest absolute Gasteiger partial charge is 0.129 e. The van der Waals surface area contributed by atoms with Crippen LogP contribution in [0.25, 0.3) is 22.0 Å². The first-order chi connectivity index (χ1) is 12.0. The lowest BCUT2D eigenvalue weighted by Gasteiger charge is -2.26. The average molecular weight is 351 g/mol. The second kappa shape index (κ2) is 8.39. The monoisotopic (exact) mass is 350 g/mol. The first kappa shape index (κ1) is 20.0. The fourth-order valence-electron chi connectivity index (χ4n) is 3.22. The average Bonchev–Trinajstić information content (AvgIpc) is 2.66. The van der Waals surface area contributed by atoms with E-state index < -0.39 is 0 Å². The van der Waals surface area contributed by atoms with Crippen LogP contribution in [0.3, 0.4) is 0 Å². The van der Waals surface area contributed by atoms with Gasteiger partial charge in [0.1, 0.15) is 5.82 Å². The summed E-state index contributed by atoms with van der Waals surface area (Å²) in [5, 5.41) is 1.08. The van der Waals surface area contributed by atoms with Crippen molar-refractivity contribution in [1.29, 1.82) is 0 Å². The SMILES string of the molecule is CCC(N)(CC)CCc1ncc2cc(-c3ccccc3C)ccc2n1.N. The Bertz CT molecular complexity index is 869. The van der Waals surface area contributed by atoms with Gasteiger partial charge in [-0.3, -0.25) is 0 Å². The molecule has 5 N–H and O–H groups in total. The van der Waals surface area contributed by atoms with Crippen molar-refractivity contribution in [2.75, 3.05) is 0 Å². The van der Waals surface area contributed by atoms with Gasteiger partial charge in [-0.1, -0.05) is 44.2 Å². The van der Waals surface area contributed by atoms with Crippen molar-refractivity contribution in [3.8, 4) is 11.1 Å². The van der Waals surface area contributed by atoms with Crippen LogP contribution in [0.2, 0.25) is 0 Å². The molecule has 0 unspecified atom stereocenters. The first-order valence-corrected chi connectivity index (χ1v) is 9.15. The predicted octanol–water partition coefficient (Wildman–Crippen LogP) is 5.22. The van der Waals surface area contributed by atoms with E-state index in [0.29, 0.717) is 0 Å². The lowest BCUT2D eigenvalue weighted by atomic mass is 9.89. The summed E-state index contributed by atoms with van der Waals surface area (Å²) < 4.78 is 0. The number of nitrogens with zero attached hydrogens (tertiary/aromatic N) is 2. The van der Waals surface area contributed by atoms with Gasteiger partial charge >= 0.3 is 0 Å². The molecule has 1 heterocycles. The maximum Gasteiger partial charge on any atom is 0.129 e. The number of fused-ring (bicyclic) bond motifs is 1. The Morgan fingerprint density at radius 3 is 2.46 bits per heavy atom. The molecule has 1 aromatic heterocycles. The molecule has 0 atom stereocenters. The van der Waals surface area contributed by atoms with Gasteiger partial charge in [0.15, 0.2) is 0 Å². The molecule has 0 radical (unpaired) electrons. The molecule has 4 nitrogen and oxygen atoms in total. The van der Waals surface area contributed by atoms with Crippen LogP contribution >= 0.6 is 0 Å². The highest BCUT2D eigenvalue weighted by atomic mass is 14.9. The van der Waals surface area contributed by atoms with Crippen LogP contribution in [0, 0.1) is 6.92 Å². The van der Waals surface area contributed by atoms with Gasteiger partial charge in [-0.2, -0.15) is 0 Å². The summed E-state index contributed by atoms with van der Waals surface area (Å²) in [6.45, 7) is 6.44. The zero-order valence-electron chi connectivity index (χ0n) is 16.1. The molecule has 0 aliphatic rings. The van der Waals surface area contributed by atoms with Crippen LogP contribution in [0.1, 0.15) is 44.5 Å². The lowest BCUT2D eigenvalue weighted by Crippen LogP contribution is -2.38. The molecule has 4 heteroatoms. The zero-order valence-corrected chi connectivity index (χ0v) is 16.1. The molecule has 26 heavy (non-hydrogen) atoms. The number of aryl methyl sites for hydroxylation is 2.